The summed E-state index contributed by atoms with van der Waals surface area (Å²) in [6, 6.07) is 20.3. The first-order chi connectivity index (χ1) is 25.2. The van der Waals surface area contributed by atoms with Crippen LogP contribution in [0.15, 0.2) is 73.1 Å². The van der Waals surface area contributed by atoms with Crippen LogP contribution in [0.1, 0.15) is 136 Å². The Bertz CT molecular complexity index is 1400. The van der Waals surface area contributed by atoms with E-state index in [1.165, 1.54) is 96.3 Å². The standard InChI is InChI=1S/C45H63N3O3/c1-4-7-10-13-16-23-30-49-43-35-38(37-33-41(39-26-19-21-28-46-39)48-42(34-37)40-27-20-22-29-47-40)36-44(50-31-24-17-14-11-8-5-2)45(43)51-32-25-18-15-12-9-6-3/h19-22,26-29,33-36H,4-18,23-25,30-32H2,1-3H3. The Morgan fingerprint density at radius 1 is 0.412 bits per heavy atom. The molecule has 0 N–H and O–H groups in total. The van der Waals surface area contributed by atoms with Crippen molar-refractivity contribution >= 4 is 0 Å². The van der Waals surface area contributed by atoms with E-state index in [4.69, 9.17) is 19.2 Å². The van der Waals surface area contributed by atoms with Gasteiger partial charge in [-0.1, -0.05) is 129 Å². The van der Waals surface area contributed by atoms with Crippen LogP contribution in [0.25, 0.3) is 33.9 Å². The van der Waals surface area contributed by atoms with Crippen molar-refractivity contribution < 1.29 is 14.2 Å². The van der Waals surface area contributed by atoms with Gasteiger partial charge in [0.05, 0.1) is 42.6 Å². The minimum atomic E-state index is 0.647. The molecule has 0 bridgehead atoms. The molecule has 6 heteroatoms. The second-order valence-electron chi connectivity index (χ2n) is 13.7. The number of benzene rings is 1. The molecule has 0 spiro atoms. The van der Waals surface area contributed by atoms with Crippen molar-refractivity contribution in [3.63, 3.8) is 0 Å². The Labute approximate surface area is 308 Å². The van der Waals surface area contributed by atoms with Gasteiger partial charge in [0, 0.05) is 12.4 Å². The highest BCUT2D eigenvalue weighted by molar-refractivity contribution is 5.77. The highest BCUT2D eigenvalue weighted by Gasteiger charge is 2.19. The van der Waals surface area contributed by atoms with Crippen LogP contribution in [0, 0.1) is 0 Å². The summed E-state index contributed by atoms with van der Waals surface area (Å²) in [5.41, 5.74) is 5.21. The van der Waals surface area contributed by atoms with Crippen molar-refractivity contribution in [3.8, 4) is 51.2 Å². The first-order valence-electron chi connectivity index (χ1n) is 20.1. The molecule has 0 aliphatic rings. The van der Waals surface area contributed by atoms with Crippen LogP contribution in [0.2, 0.25) is 0 Å². The molecule has 276 valence electrons. The van der Waals surface area contributed by atoms with E-state index >= 15 is 0 Å². The van der Waals surface area contributed by atoms with Crippen LogP contribution in [0.3, 0.4) is 0 Å². The summed E-state index contributed by atoms with van der Waals surface area (Å²) in [7, 11) is 0. The Morgan fingerprint density at radius 3 is 1.22 bits per heavy atom. The molecular weight excluding hydrogens is 631 g/mol. The van der Waals surface area contributed by atoms with Gasteiger partial charge in [0.15, 0.2) is 11.5 Å². The number of rotatable bonds is 27. The van der Waals surface area contributed by atoms with Crippen molar-refractivity contribution in [2.75, 3.05) is 19.8 Å². The molecule has 4 rings (SSSR count). The van der Waals surface area contributed by atoms with E-state index in [9.17, 15) is 0 Å². The fourth-order valence-electron chi connectivity index (χ4n) is 6.27. The molecule has 0 saturated carbocycles. The molecule has 0 amide bonds. The van der Waals surface area contributed by atoms with Gasteiger partial charge in [-0.3, -0.25) is 9.97 Å². The van der Waals surface area contributed by atoms with Gasteiger partial charge in [-0.25, -0.2) is 4.98 Å². The summed E-state index contributed by atoms with van der Waals surface area (Å²) in [5.74, 6) is 2.23. The lowest BCUT2D eigenvalue weighted by Gasteiger charge is -2.19. The number of pyridine rings is 3. The van der Waals surface area contributed by atoms with Crippen LogP contribution < -0.4 is 14.2 Å². The summed E-state index contributed by atoms with van der Waals surface area (Å²) < 4.78 is 19.8. The third-order valence-electron chi connectivity index (χ3n) is 9.29. The van der Waals surface area contributed by atoms with Crippen molar-refractivity contribution in [1.82, 2.24) is 15.0 Å². The van der Waals surface area contributed by atoms with E-state index in [1.807, 2.05) is 48.8 Å². The molecular formula is C45H63N3O3. The largest absolute Gasteiger partial charge is 0.490 e. The van der Waals surface area contributed by atoms with Crippen LogP contribution >= 0.6 is 0 Å². The molecule has 0 atom stereocenters. The highest BCUT2D eigenvalue weighted by atomic mass is 16.5. The lowest BCUT2D eigenvalue weighted by molar-refractivity contribution is 0.234. The average Bonchev–Trinajstić information content (AvgIpc) is 3.17. The van der Waals surface area contributed by atoms with Gasteiger partial charge >= 0.3 is 0 Å². The van der Waals surface area contributed by atoms with Gasteiger partial charge in [0.2, 0.25) is 5.75 Å². The molecule has 4 aromatic rings. The Morgan fingerprint density at radius 2 is 0.804 bits per heavy atom. The zero-order valence-corrected chi connectivity index (χ0v) is 31.8. The van der Waals surface area contributed by atoms with Crippen LogP contribution in [0.4, 0.5) is 0 Å². The summed E-state index contributed by atoms with van der Waals surface area (Å²) >= 11 is 0. The van der Waals surface area contributed by atoms with Gasteiger partial charge in [0.25, 0.3) is 0 Å². The minimum Gasteiger partial charge on any atom is -0.490 e. The zero-order valence-electron chi connectivity index (χ0n) is 31.8. The van der Waals surface area contributed by atoms with E-state index in [-0.39, 0.29) is 0 Å². The summed E-state index contributed by atoms with van der Waals surface area (Å²) in [6.07, 6.45) is 25.4. The second kappa shape index (κ2) is 24.3. The summed E-state index contributed by atoms with van der Waals surface area (Å²) in [5, 5.41) is 0. The molecule has 0 aliphatic carbocycles. The smallest absolute Gasteiger partial charge is 0.203 e. The molecule has 0 radical (unpaired) electrons. The van der Waals surface area contributed by atoms with E-state index in [0.29, 0.717) is 19.8 Å². The third kappa shape index (κ3) is 14.3. The van der Waals surface area contributed by atoms with Gasteiger partial charge in [-0.15, -0.1) is 0 Å². The molecule has 0 unspecified atom stereocenters. The maximum atomic E-state index is 6.61. The van der Waals surface area contributed by atoms with Crippen LogP contribution in [-0.2, 0) is 0 Å². The fourth-order valence-corrected chi connectivity index (χ4v) is 6.27. The topological polar surface area (TPSA) is 66.4 Å². The minimum absolute atomic E-state index is 0.647. The molecule has 51 heavy (non-hydrogen) atoms. The van der Waals surface area contributed by atoms with E-state index in [1.54, 1.807) is 0 Å². The lowest BCUT2D eigenvalue weighted by Crippen LogP contribution is -2.07. The van der Waals surface area contributed by atoms with Crippen molar-refractivity contribution in [1.29, 1.82) is 0 Å². The monoisotopic (exact) mass is 693 g/mol. The quantitative estimate of drug-likeness (QED) is 0.0579. The molecule has 1 aromatic carbocycles. The van der Waals surface area contributed by atoms with Gasteiger partial charge in [-0.05, 0) is 78.9 Å². The van der Waals surface area contributed by atoms with Crippen molar-refractivity contribution in [2.24, 2.45) is 0 Å². The van der Waals surface area contributed by atoms with Gasteiger partial charge < -0.3 is 14.2 Å². The first-order valence-corrected chi connectivity index (χ1v) is 20.1. The van der Waals surface area contributed by atoms with E-state index < -0.39 is 0 Å². The van der Waals surface area contributed by atoms with Gasteiger partial charge in [-0.2, -0.15) is 0 Å². The van der Waals surface area contributed by atoms with E-state index in [2.05, 4.69) is 55.0 Å². The average molecular weight is 694 g/mol. The molecule has 0 fully saturated rings. The number of unbranched alkanes of at least 4 members (excludes halogenated alkanes) is 15. The number of aromatic nitrogens is 3. The van der Waals surface area contributed by atoms with Crippen molar-refractivity contribution in [3.05, 3.63) is 73.1 Å². The number of nitrogens with zero attached hydrogens (tertiary/aromatic N) is 3. The Kier molecular flexibility index (Phi) is 19.0. The normalized spacial score (nSPS) is 11.1. The number of hydrogen-bond donors (Lipinski definition) is 0. The predicted octanol–water partition coefficient (Wildman–Crippen LogP) is 13.1. The van der Waals surface area contributed by atoms with E-state index in [0.717, 1.165) is 70.4 Å². The maximum Gasteiger partial charge on any atom is 0.203 e. The Hall–Kier alpha value is -3.93. The molecule has 3 aromatic heterocycles. The van der Waals surface area contributed by atoms with Crippen LogP contribution in [-0.4, -0.2) is 34.8 Å². The number of hydrogen-bond acceptors (Lipinski definition) is 6. The Balaban J connectivity index is 1.68. The van der Waals surface area contributed by atoms with Crippen LogP contribution in [0.5, 0.6) is 17.2 Å². The first kappa shape index (κ1) is 39.8. The number of ether oxygens (including phenoxy) is 3. The highest BCUT2D eigenvalue weighted by Crippen LogP contribution is 2.43. The molecule has 0 aliphatic heterocycles. The second-order valence-corrected chi connectivity index (χ2v) is 13.7. The summed E-state index contributed by atoms with van der Waals surface area (Å²) in [6.45, 7) is 8.72. The fraction of sp³-hybridized carbons (Fsp3) is 0.533. The third-order valence-corrected chi connectivity index (χ3v) is 9.29. The zero-order chi connectivity index (χ0) is 35.8. The maximum absolute atomic E-state index is 6.61. The van der Waals surface area contributed by atoms with Gasteiger partial charge in [0.1, 0.15) is 0 Å². The molecule has 3 heterocycles. The predicted molar refractivity (Wildman–Crippen MR) is 213 cm³/mol. The summed E-state index contributed by atoms with van der Waals surface area (Å²) in [4.78, 5) is 14.3. The molecule has 6 nitrogen and oxygen atoms in total. The SMILES string of the molecule is CCCCCCCCOc1cc(-c2cc(-c3ccccn3)nc(-c3ccccn3)c2)cc(OCCCCCCCC)c1OCCCCCCCC. The molecule has 0 saturated heterocycles. The van der Waals surface area contributed by atoms with Crippen molar-refractivity contribution in [2.45, 2.75) is 136 Å². The lowest BCUT2D eigenvalue weighted by atomic mass is 10.0.